The van der Waals surface area contributed by atoms with Crippen LogP contribution in [0.2, 0.25) is 0 Å². The minimum atomic E-state index is -0.344. The van der Waals surface area contributed by atoms with E-state index in [1.54, 1.807) is 6.20 Å². The number of aromatic nitrogens is 1. The Bertz CT molecular complexity index is 668. The molecular weight excluding hydrogens is 286 g/mol. The van der Waals surface area contributed by atoms with Crippen LogP contribution in [0.5, 0.6) is 0 Å². The van der Waals surface area contributed by atoms with Crippen LogP contribution < -0.4 is 10.6 Å². The zero-order valence-corrected chi connectivity index (χ0v) is 12.3. The van der Waals surface area contributed by atoms with Gasteiger partial charge in [0.15, 0.2) is 5.13 Å². The summed E-state index contributed by atoms with van der Waals surface area (Å²) in [6.07, 6.45) is 2.02. The van der Waals surface area contributed by atoms with E-state index in [1.807, 2.05) is 31.2 Å². The van der Waals surface area contributed by atoms with Gasteiger partial charge in [0, 0.05) is 12.1 Å². The predicted molar refractivity (Wildman–Crippen MR) is 84.5 cm³/mol. The third-order valence-electron chi connectivity index (χ3n) is 2.48. The fraction of sp³-hybridized carbons (Fsp3) is 0.200. The molecule has 0 fully saturated rings. The lowest BCUT2D eigenvalue weighted by Gasteiger charge is -2.05. The summed E-state index contributed by atoms with van der Waals surface area (Å²) >= 11 is 1.29. The number of amides is 2. The van der Waals surface area contributed by atoms with Gasteiger partial charge in [0.05, 0.1) is 17.7 Å². The Morgan fingerprint density at radius 2 is 2.10 bits per heavy atom. The van der Waals surface area contributed by atoms with E-state index < -0.39 is 0 Å². The molecule has 1 heterocycles. The monoisotopic (exact) mass is 301 g/mol. The van der Waals surface area contributed by atoms with E-state index >= 15 is 0 Å². The first-order valence-corrected chi connectivity index (χ1v) is 7.19. The quantitative estimate of drug-likeness (QED) is 0.763. The largest absolute Gasteiger partial charge is 0.395 e. The van der Waals surface area contributed by atoms with E-state index in [9.17, 15) is 4.79 Å². The Labute approximate surface area is 127 Å². The third kappa shape index (κ3) is 4.91. The summed E-state index contributed by atoms with van der Waals surface area (Å²) in [5.41, 5.74) is 1.85. The maximum Gasteiger partial charge on any atom is 0.325 e. The summed E-state index contributed by atoms with van der Waals surface area (Å²) in [5.74, 6) is 5.67. The van der Waals surface area contributed by atoms with E-state index in [0.29, 0.717) is 11.6 Å². The summed E-state index contributed by atoms with van der Waals surface area (Å²) in [4.78, 5) is 16.6. The molecule has 0 aliphatic heterocycles. The number of nitrogens with zero attached hydrogens (tertiary/aromatic N) is 1. The van der Waals surface area contributed by atoms with E-state index in [4.69, 9.17) is 5.11 Å². The van der Waals surface area contributed by atoms with E-state index in [0.717, 1.165) is 16.1 Å². The molecule has 0 radical (unpaired) electrons. The van der Waals surface area contributed by atoms with Gasteiger partial charge in [-0.2, -0.15) is 0 Å². The molecule has 0 saturated heterocycles. The molecule has 108 valence electrons. The van der Waals surface area contributed by atoms with Gasteiger partial charge in [-0.3, -0.25) is 5.32 Å². The number of aliphatic hydroxyl groups excluding tert-OH is 1. The number of urea groups is 1. The Balaban J connectivity index is 1.91. The van der Waals surface area contributed by atoms with Gasteiger partial charge in [0.2, 0.25) is 0 Å². The standard InChI is InChI=1S/C15H15N3O2S/c1-11-5-7-12(8-6-11)17-14(20)18-15-16-10-13(21-15)4-2-3-9-19/h5-8,10,19H,3,9H2,1H3,(H2,16,17,18,20). The Morgan fingerprint density at radius 3 is 2.81 bits per heavy atom. The molecule has 21 heavy (non-hydrogen) atoms. The van der Waals surface area contributed by atoms with E-state index in [1.165, 1.54) is 11.3 Å². The minimum Gasteiger partial charge on any atom is -0.395 e. The van der Waals surface area contributed by atoms with Crippen molar-refractivity contribution in [3.05, 3.63) is 40.9 Å². The average molecular weight is 301 g/mol. The molecule has 0 saturated carbocycles. The molecule has 3 N–H and O–H groups in total. The van der Waals surface area contributed by atoms with Crippen molar-refractivity contribution in [2.45, 2.75) is 13.3 Å². The van der Waals surface area contributed by atoms with E-state index in [2.05, 4.69) is 27.5 Å². The lowest BCUT2D eigenvalue weighted by molar-refractivity contribution is 0.262. The number of hydrogen-bond donors (Lipinski definition) is 3. The predicted octanol–water partition coefficient (Wildman–Crippen LogP) is 2.83. The lowest BCUT2D eigenvalue weighted by atomic mass is 10.2. The van der Waals surface area contributed by atoms with Crippen molar-refractivity contribution in [2.75, 3.05) is 17.2 Å². The molecule has 6 heteroatoms. The zero-order chi connectivity index (χ0) is 15.1. The molecule has 0 atom stereocenters. The smallest absolute Gasteiger partial charge is 0.325 e. The summed E-state index contributed by atoms with van der Waals surface area (Å²) < 4.78 is 0. The maximum atomic E-state index is 11.8. The molecule has 0 aliphatic carbocycles. The number of nitrogens with one attached hydrogen (secondary N) is 2. The van der Waals surface area contributed by atoms with Gasteiger partial charge in [-0.15, -0.1) is 0 Å². The average Bonchev–Trinajstić information content (AvgIpc) is 2.89. The number of aryl methyl sites for hydroxylation is 1. The molecule has 0 bridgehead atoms. The first-order valence-electron chi connectivity index (χ1n) is 6.37. The topological polar surface area (TPSA) is 74.2 Å². The van der Waals surface area contributed by atoms with Crippen LogP contribution in [0.3, 0.4) is 0 Å². The Kier molecular flexibility index (Phi) is 5.32. The second-order valence-electron chi connectivity index (χ2n) is 4.25. The highest BCUT2D eigenvalue weighted by Gasteiger charge is 2.05. The van der Waals surface area contributed by atoms with Crippen LogP contribution in [0.4, 0.5) is 15.6 Å². The number of benzene rings is 1. The highest BCUT2D eigenvalue weighted by Crippen LogP contribution is 2.17. The van der Waals surface area contributed by atoms with Gasteiger partial charge in [0.1, 0.15) is 0 Å². The third-order valence-corrected chi connectivity index (χ3v) is 3.31. The molecule has 5 nitrogen and oxygen atoms in total. The molecule has 0 aliphatic rings. The number of rotatable bonds is 3. The van der Waals surface area contributed by atoms with Crippen LogP contribution in [0.25, 0.3) is 0 Å². The van der Waals surface area contributed by atoms with Gasteiger partial charge >= 0.3 is 6.03 Å². The first kappa shape index (κ1) is 15.0. The second-order valence-corrected chi connectivity index (χ2v) is 5.28. The molecule has 1 aromatic heterocycles. The number of anilines is 2. The number of carbonyl (C=O) groups is 1. The van der Waals surface area contributed by atoms with Crippen LogP contribution in [0.15, 0.2) is 30.5 Å². The molecule has 0 spiro atoms. The Morgan fingerprint density at radius 1 is 1.33 bits per heavy atom. The van der Waals surface area contributed by atoms with Crippen molar-refractivity contribution in [1.29, 1.82) is 0 Å². The SMILES string of the molecule is Cc1ccc(NC(=O)Nc2ncc(C#CCCO)s2)cc1. The fourth-order valence-electron chi connectivity index (χ4n) is 1.49. The van der Waals surface area contributed by atoms with Crippen molar-refractivity contribution in [1.82, 2.24) is 4.98 Å². The molecule has 2 amide bonds. The summed E-state index contributed by atoms with van der Waals surface area (Å²) in [6, 6.07) is 7.18. The molecule has 0 unspecified atom stereocenters. The first-order chi connectivity index (χ1) is 10.2. The number of aliphatic hydroxyl groups is 1. The highest BCUT2D eigenvalue weighted by molar-refractivity contribution is 7.16. The minimum absolute atomic E-state index is 0.0376. The number of thiazole rings is 1. The molecule has 2 rings (SSSR count). The fourth-order valence-corrected chi connectivity index (χ4v) is 2.18. The molecular formula is C15H15N3O2S. The van der Waals surface area contributed by atoms with E-state index in [-0.39, 0.29) is 12.6 Å². The summed E-state index contributed by atoms with van der Waals surface area (Å²) in [6.45, 7) is 2.02. The number of hydrogen-bond acceptors (Lipinski definition) is 4. The second kappa shape index (κ2) is 7.43. The van der Waals surface area contributed by atoms with Crippen LogP contribution >= 0.6 is 11.3 Å². The summed E-state index contributed by atoms with van der Waals surface area (Å²) in [7, 11) is 0. The maximum absolute atomic E-state index is 11.8. The number of carbonyl (C=O) groups excluding carboxylic acids is 1. The van der Waals surface area contributed by atoms with Gasteiger partial charge in [-0.05, 0) is 19.1 Å². The van der Waals surface area contributed by atoms with Crippen molar-refractivity contribution >= 4 is 28.2 Å². The van der Waals surface area contributed by atoms with Crippen molar-refractivity contribution in [3.63, 3.8) is 0 Å². The summed E-state index contributed by atoms with van der Waals surface area (Å²) in [5, 5.41) is 14.5. The normalized spacial score (nSPS) is 9.62. The van der Waals surface area contributed by atoms with Crippen molar-refractivity contribution in [2.24, 2.45) is 0 Å². The molecule has 2 aromatic rings. The van der Waals surface area contributed by atoms with Gasteiger partial charge < -0.3 is 10.4 Å². The van der Waals surface area contributed by atoms with Gasteiger partial charge in [-0.25, -0.2) is 9.78 Å². The van der Waals surface area contributed by atoms with Gasteiger partial charge in [0.25, 0.3) is 0 Å². The highest BCUT2D eigenvalue weighted by atomic mass is 32.1. The van der Waals surface area contributed by atoms with Crippen LogP contribution in [-0.4, -0.2) is 22.7 Å². The lowest BCUT2D eigenvalue weighted by Crippen LogP contribution is -2.19. The van der Waals surface area contributed by atoms with Crippen LogP contribution in [-0.2, 0) is 0 Å². The van der Waals surface area contributed by atoms with Gasteiger partial charge in [-0.1, -0.05) is 40.9 Å². The van der Waals surface area contributed by atoms with Crippen molar-refractivity contribution < 1.29 is 9.90 Å². The van der Waals surface area contributed by atoms with Crippen LogP contribution in [0.1, 0.15) is 16.9 Å². The zero-order valence-electron chi connectivity index (χ0n) is 11.5. The van der Waals surface area contributed by atoms with Crippen LogP contribution in [0, 0.1) is 18.8 Å². The Hall–Kier alpha value is -2.36. The molecule has 1 aromatic carbocycles. The van der Waals surface area contributed by atoms with Crippen molar-refractivity contribution in [3.8, 4) is 11.8 Å².